The fourth-order valence-electron chi connectivity index (χ4n) is 2.03. The van der Waals surface area contributed by atoms with Crippen LogP contribution in [-0.4, -0.2) is 26.5 Å². The first-order valence-corrected chi connectivity index (χ1v) is 7.78. The number of tetrazole rings is 1. The molecule has 102 valence electrons. The zero-order chi connectivity index (χ0) is 14.1. The van der Waals surface area contributed by atoms with Crippen LogP contribution in [0, 0.1) is 0 Å². The average Bonchev–Trinajstić information content (AvgIpc) is 2.96. The summed E-state index contributed by atoms with van der Waals surface area (Å²) in [5.41, 5.74) is 0.940. The van der Waals surface area contributed by atoms with Crippen molar-refractivity contribution in [2.24, 2.45) is 0 Å². The van der Waals surface area contributed by atoms with Gasteiger partial charge in [-0.05, 0) is 46.5 Å². The molecule has 3 aromatic rings. The molecule has 0 saturated carbocycles. The predicted molar refractivity (Wildman–Crippen MR) is 82.5 cm³/mol. The number of aromatic nitrogens is 4. The maximum Gasteiger partial charge on any atom is 0.177 e. The van der Waals surface area contributed by atoms with E-state index < -0.39 is 0 Å². The van der Waals surface area contributed by atoms with E-state index in [2.05, 4.69) is 65.8 Å². The van der Waals surface area contributed by atoms with Gasteiger partial charge in [0.1, 0.15) is 0 Å². The van der Waals surface area contributed by atoms with E-state index in [1.54, 1.807) is 16.6 Å². The van der Waals surface area contributed by atoms with Gasteiger partial charge in [-0.2, -0.15) is 0 Å². The molecule has 20 heavy (non-hydrogen) atoms. The van der Waals surface area contributed by atoms with Crippen LogP contribution in [0.3, 0.4) is 0 Å². The number of hydrogen-bond donors (Lipinski definition) is 0. The van der Waals surface area contributed by atoms with Crippen LogP contribution < -0.4 is 0 Å². The first-order valence-electron chi connectivity index (χ1n) is 6.55. The number of nitrogens with zero attached hydrogens (tertiary/aromatic N) is 4. The van der Waals surface area contributed by atoms with Gasteiger partial charge in [0.05, 0.1) is 5.69 Å². The van der Waals surface area contributed by atoms with Crippen molar-refractivity contribution in [1.82, 2.24) is 20.2 Å². The molecule has 4 nitrogen and oxygen atoms in total. The lowest BCUT2D eigenvalue weighted by atomic mass is 10.1. The summed E-state index contributed by atoms with van der Waals surface area (Å²) >= 11 is 1.74. The molecule has 0 aliphatic carbocycles. The summed E-state index contributed by atoms with van der Waals surface area (Å²) in [5.74, 6) is 1.05. The molecular formula is C15H16N4S. The molecule has 0 aliphatic heterocycles. The fourth-order valence-corrected chi connectivity index (χ4v) is 2.48. The summed E-state index contributed by atoms with van der Waals surface area (Å²) in [7, 11) is 0. The first kappa shape index (κ1) is 13.1. The van der Waals surface area contributed by atoms with Gasteiger partial charge in [0, 0.05) is 10.8 Å². The highest BCUT2D eigenvalue weighted by Crippen LogP contribution is 2.23. The van der Waals surface area contributed by atoms with Gasteiger partial charge >= 0.3 is 0 Å². The summed E-state index contributed by atoms with van der Waals surface area (Å²) in [4.78, 5) is 2.85. The molecule has 0 radical (unpaired) electrons. The third-order valence-corrected chi connectivity index (χ3v) is 3.93. The molecule has 2 aromatic carbocycles. The molecule has 0 amide bonds. The number of thioether (sulfide) groups is 1. The van der Waals surface area contributed by atoms with Crippen LogP contribution in [0.1, 0.15) is 25.6 Å². The Hall–Kier alpha value is -1.88. The highest BCUT2D eigenvalue weighted by molar-refractivity contribution is 7.98. The molecule has 1 heterocycles. The summed E-state index contributed by atoms with van der Waals surface area (Å²) in [5, 5.41) is 15.0. The molecule has 1 aromatic heterocycles. The maximum absolute atomic E-state index is 4.42. The summed E-state index contributed by atoms with van der Waals surface area (Å²) in [6, 6.07) is 12.7. The number of hydrogen-bond acceptors (Lipinski definition) is 4. The van der Waals surface area contributed by atoms with E-state index >= 15 is 0 Å². The van der Waals surface area contributed by atoms with Gasteiger partial charge in [-0.3, -0.25) is 0 Å². The van der Waals surface area contributed by atoms with Crippen molar-refractivity contribution in [2.75, 3.05) is 6.26 Å². The molecule has 5 heteroatoms. The van der Waals surface area contributed by atoms with Gasteiger partial charge < -0.3 is 0 Å². The zero-order valence-corrected chi connectivity index (χ0v) is 12.6. The molecule has 0 spiro atoms. The standard InChI is InChI=1S/C15H16N4S/c1-10(2)15-16-18-19(17-15)13-6-4-11-5-7-14(20-3)9-12(11)8-13/h4-10H,1-3H3. The number of benzene rings is 2. The Kier molecular flexibility index (Phi) is 3.44. The summed E-state index contributed by atoms with van der Waals surface area (Å²) in [6.07, 6.45) is 2.08. The average molecular weight is 284 g/mol. The molecule has 0 unspecified atom stereocenters. The highest BCUT2D eigenvalue weighted by atomic mass is 32.2. The van der Waals surface area contributed by atoms with Crippen molar-refractivity contribution in [2.45, 2.75) is 24.7 Å². The Morgan fingerprint density at radius 1 is 1.05 bits per heavy atom. The Balaban J connectivity index is 2.06. The minimum absolute atomic E-state index is 0.285. The third-order valence-electron chi connectivity index (χ3n) is 3.21. The van der Waals surface area contributed by atoms with Crippen molar-refractivity contribution < 1.29 is 0 Å². The largest absolute Gasteiger partial charge is 0.177 e. The van der Waals surface area contributed by atoms with Crippen LogP contribution in [0.15, 0.2) is 41.3 Å². The van der Waals surface area contributed by atoms with Gasteiger partial charge in [0.2, 0.25) is 0 Å². The van der Waals surface area contributed by atoms with Crippen LogP contribution in [-0.2, 0) is 0 Å². The quantitative estimate of drug-likeness (QED) is 0.688. The normalized spacial score (nSPS) is 11.4. The first-order chi connectivity index (χ1) is 9.67. The second-order valence-corrected chi connectivity index (χ2v) is 5.87. The van der Waals surface area contributed by atoms with Gasteiger partial charge in [0.15, 0.2) is 5.82 Å². The van der Waals surface area contributed by atoms with Crippen molar-refractivity contribution in [3.8, 4) is 5.69 Å². The number of rotatable bonds is 3. The lowest BCUT2D eigenvalue weighted by molar-refractivity contribution is 0.712. The zero-order valence-electron chi connectivity index (χ0n) is 11.7. The topological polar surface area (TPSA) is 43.6 Å². The van der Waals surface area contributed by atoms with Crippen molar-refractivity contribution in [3.05, 3.63) is 42.2 Å². The molecule has 0 fully saturated rings. The summed E-state index contributed by atoms with van der Waals surface area (Å²) < 4.78 is 0. The van der Waals surface area contributed by atoms with E-state index in [0.717, 1.165) is 11.5 Å². The predicted octanol–water partition coefficient (Wildman–Crippen LogP) is 3.66. The molecular weight excluding hydrogens is 268 g/mol. The Morgan fingerprint density at radius 2 is 1.85 bits per heavy atom. The lowest BCUT2D eigenvalue weighted by Crippen LogP contribution is -1.99. The van der Waals surface area contributed by atoms with Crippen LogP contribution >= 0.6 is 11.8 Å². The van der Waals surface area contributed by atoms with Crippen LogP contribution in [0.25, 0.3) is 16.5 Å². The highest BCUT2D eigenvalue weighted by Gasteiger charge is 2.08. The van der Waals surface area contributed by atoms with E-state index in [4.69, 9.17) is 0 Å². The van der Waals surface area contributed by atoms with Crippen molar-refractivity contribution in [1.29, 1.82) is 0 Å². The lowest BCUT2D eigenvalue weighted by Gasteiger charge is -2.04. The third kappa shape index (κ3) is 2.41. The van der Waals surface area contributed by atoms with Crippen LogP contribution in [0.2, 0.25) is 0 Å². The molecule has 0 aliphatic rings. The van der Waals surface area contributed by atoms with Gasteiger partial charge in [0.25, 0.3) is 0 Å². The second kappa shape index (κ2) is 5.25. The SMILES string of the molecule is CSc1ccc2ccc(-n3nnc(C(C)C)n3)cc2c1. The van der Waals surface area contributed by atoms with Gasteiger partial charge in [-0.25, -0.2) is 0 Å². The van der Waals surface area contributed by atoms with Crippen molar-refractivity contribution in [3.63, 3.8) is 0 Å². The molecule has 0 atom stereocenters. The minimum atomic E-state index is 0.285. The second-order valence-electron chi connectivity index (χ2n) is 4.99. The molecule has 0 bridgehead atoms. The van der Waals surface area contributed by atoms with Gasteiger partial charge in [-0.15, -0.1) is 26.8 Å². The van der Waals surface area contributed by atoms with E-state index in [1.807, 2.05) is 6.07 Å². The molecule has 0 saturated heterocycles. The smallest absolute Gasteiger partial charge is 0.131 e. The Bertz CT molecular complexity index is 748. The molecule has 0 N–H and O–H groups in total. The van der Waals surface area contributed by atoms with E-state index in [0.29, 0.717) is 0 Å². The fraction of sp³-hybridized carbons (Fsp3) is 0.267. The Morgan fingerprint density at radius 3 is 2.55 bits per heavy atom. The molecule has 3 rings (SSSR count). The summed E-state index contributed by atoms with van der Waals surface area (Å²) in [6.45, 7) is 4.12. The number of fused-ring (bicyclic) bond motifs is 1. The van der Waals surface area contributed by atoms with Crippen LogP contribution in [0.5, 0.6) is 0 Å². The van der Waals surface area contributed by atoms with E-state index in [1.165, 1.54) is 15.7 Å². The Labute approximate surface area is 122 Å². The van der Waals surface area contributed by atoms with E-state index in [9.17, 15) is 0 Å². The van der Waals surface area contributed by atoms with Crippen molar-refractivity contribution >= 4 is 22.5 Å². The van der Waals surface area contributed by atoms with E-state index in [-0.39, 0.29) is 5.92 Å². The van der Waals surface area contributed by atoms with Gasteiger partial charge in [-0.1, -0.05) is 26.0 Å². The minimum Gasteiger partial charge on any atom is -0.131 e. The monoisotopic (exact) mass is 284 g/mol. The van der Waals surface area contributed by atoms with Crippen LogP contribution in [0.4, 0.5) is 0 Å². The maximum atomic E-state index is 4.42.